The minimum absolute atomic E-state index is 0.343. The SMILES string of the molecule is C=C(CC(CC(CC(C)C(=O)OC)(CC(C)C(=O)OC)c1ccccc1)C(=O)OC)c1ccccc1. The second-order valence-electron chi connectivity index (χ2n) is 9.50. The van der Waals surface area contributed by atoms with Crippen LogP contribution >= 0.6 is 0 Å². The number of carbonyl (C=O) groups excluding carboxylic acids is 3. The van der Waals surface area contributed by atoms with Crippen LogP contribution in [0.25, 0.3) is 5.57 Å². The van der Waals surface area contributed by atoms with Crippen molar-refractivity contribution in [2.45, 2.75) is 44.9 Å². The van der Waals surface area contributed by atoms with Crippen molar-refractivity contribution in [1.82, 2.24) is 0 Å². The lowest BCUT2D eigenvalue weighted by atomic mass is 9.64. The molecule has 2 aromatic carbocycles. The number of rotatable bonds is 13. The minimum atomic E-state index is -0.710. The molecule has 0 radical (unpaired) electrons. The summed E-state index contributed by atoms with van der Waals surface area (Å²) in [6.45, 7) is 7.85. The summed E-state index contributed by atoms with van der Waals surface area (Å²) in [6, 6.07) is 19.4. The first kappa shape index (κ1) is 28.8. The highest BCUT2D eigenvalue weighted by Gasteiger charge is 2.42. The summed E-state index contributed by atoms with van der Waals surface area (Å²) in [6.07, 6.45) is 1.51. The maximum atomic E-state index is 13.1. The van der Waals surface area contributed by atoms with Crippen LogP contribution in [0.15, 0.2) is 67.2 Å². The van der Waals surface area contributed by atoms with Crippen molar-refractivity contribution in [2.24, 2.45) is 17.8 Å². The number of ether oxygens (including phenoxy) is 3. The molecule has 2 rings (SSSR count). The van der Waals surface area contributed by atoms with Crippen LogP contribution in [-0.4, -0.2) is 39.2 Å². The van der Waals surface area contributed by atoms with Gasteiger partial charge in [0.05, 0.1) is 39.1 Å². The second-order valence-corrected chi connectivity index (χ2v) is 9.50. The predicted octanol–water partition coefficient (Wildman–Crippen LogP) is 5.61. The predicted molar refractivity (Wildman–Crippen MR) is 140 cm³/mol. The van der Waals surface area contributed by atoms with E-state index in [1.165, 1.54) is 21.3 Å². The van der Waals surface area contributed by atoms with Gasteiger partial charge in [-0.3, -0.25) is 14.4 Å². The summed E-state index contributed by atoms with van der Waals surface area (Å²) in [7, 11) is 4.10. The number of benzene rings is 2. The van der Waals surface area contributed by atoms with E-state index in [1.54, 1.807) is 0 Å². The fraction of sp³-hybridized carbons (Fsp3) is 0.433. The van der Waals surface area contributed by atoms with Gasteiger partial charge in [0.2, 0.25) is 0 Å². The van der Waals surface area contributed by atoms with Gasteiger partial charge in [-0.1, -0.05) is 81.1 Å². The van der Waals surface area contributed by atoms with Crippen molar-refractivity contribution in [1.29, 1.82) is 0 Å². The van der Waals surface area contributed by atoms with Crippen LogP contribution in [0.5, 0.6) is 0 Å². The van der Waals surface area contributed by atoms with Crippen molar-refractivity contribution in [2.75, 3.05) is 21.3 Å². The van der Waals surface area contributed by atoms with Crippen LogP contribution in [0.1, 0.15) is 50.7 Å². The molecule has 0 aromatic heterocycles. The van der Waals surface area contributed by atoms with Crippen LogP contribution in [0.2, 0.25) is 0 Å². The van der Waals surface area contributed by atoms with E-state index in [1.807, 2.05) is 74.5 Å². The molecule has 6 heteroatoms. The van der Waals surface area contributed by atoms with E-state index < -0.39 is 23.2 Å². The van der Waals surface area contributed by atoms with E-state index in [9.17, 15) is 14.4 Å². The first-order valence-corrected chi connectivity index (χ1v) is 12.2. The number of hydrogen-bond donors (Lipinski definition) is 0. The molecule has 0 fully saturated rings. The highest BCUT2D eigenvalue weighted by molar-refractivity contribution is 5.77. The van der Waals surface area contributed by atoms with Crippen LogP contribution in [-0.2, 0) is 34.0 Å². The summed E-state index contributed by atoms with van der Waals surface area (Å²) in [5.41, 5.74) is 1.99. The molecular weight excluding hydrogens is 456 g/mol. The largest absolute Gasteiger partial charge is 0.469 e. The number of methoxy groups -OCH3 is 3. The number of esters is 3. The molecule has 0 bridgehead atoms. The first-order valence-electron chi connectivity index (χ1n) is 12.2. The van der Waals surface area contributed by atoms with E-state index in [4.69, 9.17) is 14.2 Å². The number of hydrogen-bond acceptors (Lipinski definition) is 6. The maximum absolute atomic E-state index is 13.1. The molecule has 2 aromatic rings. The van der Waals surface area contributed by atoms with Gasteiger partial charge >= 0.3 is 17.9 Å². The van der Waals surface area contributed by atoms with E-state index in [-0.39, 0.29) is 17.9 Å². The molecule has 36 heavy (non-hydrogen) atoms. The Bertz CT molecular complexity index is 990. The standard InChI is InChI=1S/C30H38O6/c1-21(24-13-9-7-10-14-24)17-25(29(33)36-6)20-30(18-22(2)27(31)34-4,19-23(3)28(32)35-5)26-15-11-8-12-16-26/h7-16,22-23,25H,1,17-20H2,2-6H3. The Hall–Kier alpha value is -3.41. The molecule has 0 aliphatic rings. The van der Waals surface area contributed by atoms with Crippen LogP contribution in [0.3, 0.4) is 0 Å². The lowest BCUT2D eigenvalue weighted by Gasteiger charge is -2.40. The Morgan fingerprint density at radius 1 is 0.722 bits per heavy atom. The van der Waals surface area contributed by atoms with E-state index >= 15 is 0 Å². The number of allylic oxidation sites excluding steroid dienone is 1. The summed E-state index contributed by atoms with van der Waals surface area (Å²) < 4.78 is 15.3. The summed E-state index contributed by atoms with van der Waals surface area (Å²) in [5, 5.41) is 0. The topological polar surface area (TPSA) is 78.9 Å². The average molecular weight is 495 g/mol. The van der Waals surface area contributed by atoms with Gasteiger partial charge in [0.15, 0.2) is 0 Å². The molecule has 0 saturated carbocycles. The fourth-order valence-corrected chi connectivity index (χ4v) is 5.10. The zero-order valence-corrected chi connectivity index (χ0v) is 22.0. The molecule has 3 unspecified atom stereocenters. The molecule has 0 aliphatic heterocycles. The second kappa shape index (κ2) is 13.6. The van der Waals surface area contributed by atoms with Gasteiger partial charge in [0, 0.05) is 0 Å². The molecular formula is C30H38O6. The monoisotopic (exact) mass is 494 g/mol. The maximum Gasteiger partial charge on any atom is 0.309 e. The average Bonchev–Trinajstić information content (AvgIpc) is 2.91. The van der Waals surface area contributed by atoms with Crippen molar-refractivity contribution >= 4 is 23.5 Å². The minimum Gasteiger partial charge on any atom is -0.469 e. The van der Waals surface area contributed by atoms with Crippen LogP contribution in [0, 0.1) is 17.8 Å². The van der Waals surface area contributed by atoms with Crippen molar-refractivity contribution < 1.29 is 28.6 Å². The third-order valence-corrected chi connectivity index (χ3v) is 6.83. The highest BCUT2D eigenvalue weighted by Crippen LogP contribution is 2.45. The molecule has 0 N–H and O–H groups in total. The van der Waals surface area contributed by atoms with Gasteiger partial charge in [0.25, 0.3) is 0 Å². The van der Waals surface area contributed by atoms with Gasteiger partial charge in [-0.25, -0.2) is 0 Å². The van der Waals surface area contributed by atoms with Crippen LogP contribution < -0.4 is 0 Å². The first-order chi connectivity index (χ1) is 17.2. The molecule has 3 atom stereocenters. The van der Waals surface area contributed by atoms with Crippen molar-refractivity contribution in [3.8, 4) is 0 Å². The van der Waals surface area contributed by atoms with E-state index in [0.717, 1.165) is 16.7 Å². The Labute approximate surface area is 214 Å². The number of carbonyl (C=O) groups is 3. The van der Waals surface area contributed by atoms with Gasteiger partial charge in [-0.15, -0.1) is 0 Å². The smallest absolute Gasteiger partial charge is 0.309 e. The van der Waals surface area contributed by atoms with Crippen molar-refractivity contribution in [3.05, 3.63) is 78.4 Å². The zero-order valence-electron chi connectivity index (χ0n) is 22.0. The van der Waals surface area contributed by atoms with Gasteiger partial charge in [-0.2, -0.15) is 0 Å². The van der Waals surface area contributed by atoms with Gasteiger partial charge in [0.1, 0.15) is 0 Å². The molecule has 6 nitrogen and oxygen atoms in total. The third-order valence-electron chi connectivity index (χ3n) is 6.83. The van der Waals surface area contributed by atoms with Gasteiger partial charge in [-0.05, 0) is 47.8 Å². The Balaban J connectivity index is 2.58. The normalized spacial score (nSPS) is 15.0. The molecule has 0 aliphatic carbocycles. The van der Waals surface area contributed by atoms with Gasteiger partial charge < -0.3 is 14.2 Å². The lowest BCUT2D eigenvalue weighted by molar-refractivity contribution is -0.147. The summed E-state index contributed by atoms with van der Waals surface area (Å²) in [4.78, 5) is 38.1. The quantitative estimate of drug-likeness (QED) is 0.266. The molecule has 0 spiro atoms. The third kappa shape index (κ3) is 7.54. The Kier molecular flexibility index (Phi) is 10.9. The molecule has 0 amide bonds. The van der Waals surface area contributed by atoms with E-state index in [2.05, 4.69) is 6.58 Å². The Morgan fingerprint density at radius 3 is 1.61 bits per heavy atom. The molecule has 0 saturated heterocycles. The van der Waals surface area contributed by atoms with Crippen LogP contribution in [0.4, 0.5) is 0 Å². The molecule has 0 heterocycles. The summed E-state index contributed by atoms with van der Waals surface area (Å²) in [5.74, 6) is -2.51. The zero-order chi connectivity index (χ0) is 26.7. The van der Waals surface area contributed by atoms with Crippen molar-refractivity contribution in [3.63, 3.8) is 0 Å². The highest BCUT2D eigenvalue weighted by atomic mass is 16.5. The lowest BCUT2D eigenvalue weighted by Crippen LogP contribution is -2.38. The summed E-state index contributed by atoms with van der Waals surface area (Å²) >= 11 is 0. The van der Waals surface area contributed by atoms with E-state index in [0.29, 0.717) is 25.7 Å². The Morgan fingerprint density at radius 2 is 1.17 bits per heavy atom. The fourth-order valence-electron chi connectivity index (χ4n) is 5.10. The molecule has 194 valence electrons.